The average molecular weight is 205 g/mol. The van der Waals surface area contributed by atoms with Crippen LogP contribution >= 0.6 is 0 Å². The molecule has 0 spiro atoms. The number of amides is 1. The fourth-order valence-corrected chi connectivity index (χ4v) is 1.50. The fraction of sp³-hybridized carbons (Fsp3) is 0.615. The van der Waals surface area contributed by atoms with Gasteiger partial charge in [0.15, 0.2) is 0 Å². The van der Waals surface area contributed by atoms with Crippen molar-refractivity contribution in [2.75, 3.05) is 6.54 Å². The van der Waals surface area contributed by atoms with Crippen LogP contribution in [0, 0.1) is 11.8 Å². The molecule has 0 aromatic heterocycles. The highest BCUT2D eigenvalue weighted by atomic mass is 16.2. The maximum atomic E-state index is 11.3. The molecular formula is C13H19NO. The number of hydrogen-bond donors (Lipinski definition) is 0. The van der Waals surface area contributed by atoms with Gasteiger partial charge in [0.1, 0.15) is 0 Å². The number of carbonyl (C=O) groups is 1. The van der Waals surface area contributed by atoms with Gasteiger partial charge in [-0.25, -0.2) is 0 Å². The number of allylic oxidation sites excluding steroid dienone is 1. The molecule has 0 aliphatic carbocycles. The molecule has 0 radical (unpaired) electrons. The van der Waals surface area contributed by atoms with Crippen molar-refractivity contribution >= 4 is 5.91 Å². The van der Waals surface area contributed by atoms with E-state index in [1.807, 2.05) is 4.90 Å². The first-order valence-corrected chi connectivity index (χ1v) is 5.71. The third kappa shape index (κ3) is 3.43. The van der Waals surface area contributed by atoms with E-state index in [9.17, 15) is 4.79 Å². The lowest BCUT2D eigenvalue weighted by atomic mass is 10.0. The maximum Gasteiger partial charge on any atom is 0.226 e. The highest BCUT2D eigenvalue weighted by Gasteiger charge is 2.32. The number of unbranched alkanes of at least 4 members (excludes halogenated alkanes) is 1. The van der Waals surface area contributed by atoms with Gasteiger partial charge in [-0.05, 0) is 12.8 Å². The van der Waals surface area contributed by atoms with Gasteiger partial charge in [0, 0.05) is 6.42 Å². The standard InChI is InChI=1S/C13H19NO/c1-3-5-7-8-10-14-12(9-6-4-2)11-13(14)15/h6,9,12H,3-5,10-11H2,1-2H3. The molecule has 0 aromatic carbocycles. The van der Waals surface area contributed by atoms with Crippen LogP contribution < -0.4 is 0 Å². The second kappa shape index (κ2) is 6.29. The van der Waals surface area contributed by atoms with E-state index in [4.69, 9.17) is 0 Å². The summed E-state index contributed by atoms with van der Waals surface area (Å²) in [6, 6.07) is 0.299. The lowest BCUT2D eigenvalue weighted by molar-refractivity contribution is -0.142. The number of nitrogens with zero attached hydrogens (tertiary/aromatic N) is 1. The summed E-state index contributed by atoms with van der Waals surface area (Å²) in [5.41, 5.74) is 0. The molecule has 0 aromatic rings. The Bertz CT molecular complexity index is 295. The Morgan fingerprint density at radius 2 is 2.27 bits per heavy atom. The third-order valence-corrected chi connectivity index (χ3v) is 2.45. The quantitative estimate of drug-likeness (QED) is 0.392. The van der Waals surface area contributed by atoms with E-state index in [0.717, 1.165) is 19.3 Å². The van der Waals surface area contributed by atoms with Gasteiger partial charge in [-0.3, -0.25) is 4.79 Å². The molecule has 82 valence electrons. The van der Waals surface area contributed by atoms with Gasteiger partial charge in [0.05, 0.1) is 19.0 Å². The predicted octanol–water partition coefficient (Wildman–Crippen LogP) is 2.36. The fourth-order valence-electron chi connectivity index (χ4n) is 1.50. The molecule has 1 unspecified atom stereocenters. The maximum absolute atomic E-state index is 11.3. The van der Waals surface area contributed by atoms with Crippen LogP contribution in [-0.2, 0) is 4.79 Å². The largest absolute Gasteiger partial charge is 0.325 e. The van der Waals surface area contributed by atoms with E-state index in [2.05, 4.69) is 37.8 Å². The van der Waals surface area contributed by atoms with Crippen LogP contribution in [0.3, 0.4) is 0 Å². The second-order valence-electron chi connectivity index (χ2n) is 3.73. The smallest absolute Gasteiger partial charge is 0.226 e. The summed E-state index contributed by atoms with van der Waals surface area (Å²) in [5, 5.41) is 0. The van der Waals surface area contributed by atoms with Gasteiger partial charge < -0.3 is 4.90 Å². The summed E-state index contributed by atoms with van der Waals surface area (Å²) in [7, 11) is 0. The molecule has 1 aliphatic heterocycles. The molecule has 2 nitrogen and oxygen atoms in total. The van der Waals surface area contributed by atoms with Gasteiger partial charge in [-0.2, -0.15) is 0 Å². The lowest BCUT2D eigenvalue weighted by Gasteiger charge is -2.37. The predicted molar refractivity (Wildman–Crippen MR) is 62.2 cm³/mol. The number of carbonyl (C=O) groups excluding carboxylic acids is 1. The number of hydrogen-bond acceptors (Lipinski definition) is 1. The van der Waals surface area contributed by atoms with E-state index in [1.54, 1.807) is 0 Å². The van der Waals surface area contributed by atoms with Gasteiger partial charge in [-0.1, -0.05) is 31.9 Å². The molecule has 0 bridgehead atoms. The summed E-state index contributed by atoms with van der Waals surface area (Å²) in [6.45, 7) is 4.80. The molecule has 1 heterocycles. The number of β-lactam (4-membered cyclic amide) rings is 1. The van der Waals surface area contributed by atoms with Crippen molar-refractivity contribution in [2.45, 2.75) is 45.6 Å². The topological polar surface area (TPSA) is 20.3 Å². The zero-order chi connectivity index (χ0) is 11.1. The molecule has 0 saturated carbocycles. The van der Waals surface area contributed by atoms with Crippen LogP contribution in [0.2, 0.25) is 0 Å². The van der Waals surface area contributed by atoms with Crippen LogP contribution in [0.1, 0.15) is 39.5 Å². The van der Waals surface area contributed by atoms with Crippen molar-refractivity contribution in [3.63, 3.8) is 0 Å². The summed E-state index contributed by atoms with van der Waals surface area (Å²) in [5.74, 6) is 6.34. The first-order chi connectivity index (χ1) is 7.29. The van der Waals surface area contributed by atoms with Gasteiger partial charge in [0.2, 0.25) is 5.91 Å². The van der Waals surface area contributed by atoms with Crippen LogP contribution in [0.4, 0.5) is 0 Å². The van der Waals surface area contributed by atoms with E-state index in [-0.39, 0.29) is 5.91 Å². The summed E-state index contributed by atoms with van der Waals surface area (Å²) in [6.07, 6.45) is 7.93. The van der Waals surface area contributed by atoms with Crippen molar-refractivity contribution in [2.24, 2.45) is 0 Å². The zero-order valence-electron chi connectivity index (χ0n) is 9.62. The summed E-state index contributed by atoms with van der Waals surface area (Å²) < 4.78 is 0. The minimum absolute atomic E-state index is 0.228. The van der Waals surface area contributed by atoms with E-state index in [0.29, 0.717) is 19.0 Å². The zero-order valence-corrected chi connectivity index (χ0v) is 9.62. The molecule has 1 fully saturated rings. The van der Waals surface area contributed by atoms with Crippen molar-refractivity contribution in [3.8, 4) is 11.8 Å². The molecular weight excluding hydrogens is 186 g/mol. The monoisotopic (exact) mass is 205 g/mol. The number of rotatable bonds is 4. The Kier molecular flexibility index (Phi) is 4.97. The van der Waals surface area contributed by atoms with Crippen molar-refractivity contribution in [1.82, 2.24) is 4.90 Å². The Morgan fingerprint density at radius 1 is 1.47 bits per heavy atom. The SMILES string of the molecule is CCC=CC1CC(=O)N1CC#CCCC. The van der Waals surface area contributed by atoms with Crippen LogP contribution in [0.15, 0.2) is 12.2 Å². The minimum Gasteiger partial charge on any atom is -0.325 e. The number of likely N-dealkylation sites (tertiary alicyclic amines) is 1. The highest BCUT2D eigenvalue weighted by molar-refractivity contribution is 5.84. The lowest BCUT2D eigenvalue weighted by Crippen LogP contribution is -2.51. The Balaban J connectivity index is 2.36. The molecule has 0 N–H and O–H groups in total. The normalized spacial score (nSPS) is 20.0. The molecule has 1 rings (SSSR count). The van der Waals surface area contributed by atoms with Crippen molar-refractivity contribution in [3.05, 3.63) is 12.2 Å². The van der Waals surface area contributed by atoms with E-state index < -0.39 is 0 Å². The van der Waals surface area contributed by atoms with E-state index in [1.165, 1.54) is 0 Å². The Labute approximate surface area is 92.3 Å². The molecule has 2 heteroatoms. The Morgan fingerprint density at radius 3 is 2.87 bits per heavy atom. The molecule has 1 amide bonds. The summed E-state index contributed by atoms with van der Waals surface area (Å²) >= 11 is 0. The highest BCUT2D eigenvalue weighted by Crippen LogP contribution is 2.19. The van der Waals surface area contributed by atoms with Gasteiger partial charge >= 0.3 is 0 Å². The van der Waals surface area contributed by atoms with E-state index >= 15 is 0 Å². The first kappa shape index (κ1) is 11.8. The second-order valence-corrected chi connectivity index (χ2v) is 3.73. The first-order valence-electron chi connectivity index (χ1n) is 5.71. The van der Waals surface area contributed by atoms with Crippen LogP contribution in [0.25, 0.3) is 0 Å². The van der Waals surface area contributed by atoms with Gasteiger partial charge in [0.25, 0.3) is 0 Å². The third-order valence-electron chi connectivity index (χ3n) is 2.45. The van der Waals surface area contributed by atoms with Crippen molar-refractivity contribution in [1.29, 1.82) is 0 Å². The van der Waals surface area contributed by atoms with Crippen LogP contribution in [0.5, 0.6) is 0 Å². The molecule has 1 saturated heterocycles. The van der Waals surface area contributed by atoms with Crippen LogP contribution in [-0.4, -0.2) is 23.4 Å². The average Bonchev–Trinajstić information content (AvgIpc) is 2.23. The Hall–Kier alpha value is -1.23. The summed E-state index contributed by atoms with van der Waals surface area (Å²) in [4.78, 5) is 13.1. The van der Waals surface area contributed by atoms with Gasteiger partial charge in [-0.15, -0.1) is 5.92 Å². The molecule has 1 aliphatic rings. The van der Waals surface area contributed by atoms with Crippen molar-refractivity contribution < 1.29 is 4.79 Å². The minimum atomic E-state index is 0.228. The molecule has 1 atom stereocenters. The molecule has 15 heavy (non-hydrogen) atoms.